The molecule has 4 nitrogen and oxygen atoms in total. The second-order valence-electron chi connectivity index (χ2n) is 5.69. The summed E-state index contributed by atoms with van der Waals surface area (Å²) in [6, 6.07) is 16.4. The zero-order valence-corrected chi connectivity index (χ0v) is 13.0. The van der Waals surface area contributed by atoms with Crippen molar-refractivity contribution in [1.29, 1.82) is 0 Å². The topological polar surface area (TPSA) is 55.4 Å². The smallest absolute Gasteiger partial charge is 0.413 e. The molecule has 23 heavy (non-hydrogen) atoms. The zero-order chi connectivity index (χ0) is 16.2. The van der Waals surface area contributed by atoms with Crippen LogP contribution in [0.2, 0.25) is 0 Å². The van der Waals surface area contributed by atoms with E-state index < -0.39 is 6.09 Å². The van der Waals surface area contributed by atoms with Crippen molar-refractivity contribution in [3.63, 3.8) is 0 Å². The summed E-state index contributed by atoms with van der Waals surface area (Å²) in [5.74, 6) is -0.372. The van der Waals surface area contributed by atoms with Gasteiger partial charge in [-0.25, -0.2) is 4.79 Å². The van der Waals surface area contributed by atoms with E-state index in [0.29, 0.717) is 0 Å². The quantitative estimate of drug-likeness (QED) is 0.927. The van der Waals surface area contributed by atoms with Crippen molar-refractivity contribution in [1.82, 2.24) is 5.32 Å². The number of nitrogens with one attached hydrogen (secondary N) is 1. The lowest BCUT2D eigenvalue weighted by Crippen LogP contribution is -2.31. The normalized spacial score (nSPS) is 13.4. The molecule has 0 unspecified atom stereocenters. The molecule has 0 spiro atoms. The number of hydrogen-bond donors (Lipinski definition) is 1. The van der Waals surface area contributed by atoms with E-state index in [-0.39, 0.29) is 18.2 Å². The Kier molecular flexibility index (Phi) is 4.42. The van der Waals surface area contributed by atoms with Crippen molar-refractivity contribution in [2.45, 2.75) is 25.2 Å². The lowest BCUT2D eigenvalue weighted by Gasteiger charge is -2.19. The minimum Gasteiger partial charge on any atom is -0.453 e. The standard InChI is InChI=1S/C19H19NO3/c1-23-19(22)20-18(21)12-17-15-8-4-2-6-13(15)10-11-14-7-3-5-9-16(14)17/h2-9,17H,10-12H2,1H3,(H,20,21,22). The predicted octanol–water partition coefficient (Wildman–Crippen LogP) is 3.19. The predicted molar refractivity (Wildman–Crippen MR) is 87.3 cm³/mol. The third-order valence-electron chi connectivity index (χ3n) is 4.34. The molecule has 0 aliphatic heterocycles. The van der Waals surface area contributed by atoms with E-state index in [1.54, 1.807) is 0 Å². The molecule has 0 radical (unpaired) electrons. The van der Waals surface area contributed by atoms with Gasteiger partial charge < -0.3 is 4.74 Å². The van der Waals surface area contributed by atoms with E-state index >= 15 is 0 Å². The molecule has 2 aromatic rings. The average Bonchev–Trinajstić information content (AvgIpc) is 2.73. The van der Waals surface area contributed by atoms with E-state index in [0.717, 1.165) is 24.0 Å². The minimum absolute atomic E-state index is 0.0467. The van der Waals surface area contributed by atoms with Crippen molar-refractivity contribution >= 4 is 12.0 Å². The number of rotatable bonds is 2. The van der Waals surface area contributed by atoms with Gasteiger partial charge in [-0.05, 0) is 35.1 Å². The lowest BCUT2D eigenvalue weighted by molar-refractivity contribution is -0.120. The molecular formula is C19H19NO3. The van der Waals surface area contributed by atoms with Crippen LogP contribution < -0.4 is 5.32 Å². The van der Waals surface area contributed by atoms with Crippen LogP contribution in [-0.2, 0) is 22.4 Å². The molecule has 0 bridgehead atoms. The van der Waals surface area contributed by atoms with Crippen molar-refractivity contribution in [2.24, 2.45) is 0 Å². The highest BCUT2D eigenvalue weighted by Gasteiger charge is 2.26. The van der Waals surface area contributed by atoms with Gasteiger partial charge >= 0.3 is 6.09 Å². The second kappa shape index (κ2) is 6.65. The SMILES string of the molecule is COC(=O)NC(=O)CC1c2ccccc2CCc2ccccc21. The Morgan fingerprint density at radius 1 is 1.00 bits per heavy atom. The Bertz CT molecular complexity index is 691. The van der Waals surface area contributed by atoms with Crippen molar-refractivity contribution < 1.29 is 14.3 Å². The van der Waals surface area contributed by atoms with Gasteiger partial charge in [0, 0.05) is 12.3 Å². The van der Waals surface area contributed by atoms with Crippen LogP contribution in [0.5, 0.6) is 0 Å². The third-order valence-corrected chi connectivity index (χ3v) is 4.34. The van der Waals surface area contributed by atoms with Gasteiger partial charge in [0.25, 0.3) is 0 Å². The van der Waals surface area contributed by atoms with Crippen molar-refractivity contribution in [3.8, 4) is 0 Å². The molecule has 0 saturated carbocycles. The summed E-state index contributed by atoms with van der Waals surface area (Å²) >= 11 is 0. The van der Waals surface area contributed by atoms with Gasteiger partial charge in [-0.2, -0.15) is 0 Å². The molecule has 0 aromatic heterocycles. The Balaban J connectivity index is 1.97. The molecule has 0 saturated heterocycles. The van der Waals surface area contributed by atoms with E-state index in [9.17, 15) is 9.59 Å². The summed E-state index contributed by atoms with van der Waals surface area (Å²) < 4.78 is 4.50. The van der Waals surface area contributed by atoms with Crippen LogP contribution in [0.3, 0.4) is 0 Å². The molecule has 0 fully saturated rings. The Morgan fingerprint density at radius 2 is 1.52 bits per heavy atom. The number of imide groups is 1. The first-order valence-electron chi connectivity index (χ1n) is 7.72. The fraction of sp³-hybridized carbons (Fsp3) is 0.263. The van der Waals surface area contributed by atoms with Crippen molar-refractivity contribution in [3.05, 3.63) is 70.8 Å². The highest BCUT2D eigenvalue weighted by molar-refractivity contribution is 5.92. The highest BCUT2D eigenvalue weighted by Crippen LogP contribution is 2.36. The summed E-state index contributed by atoms with van der Waals surface area (Å²) in [7, 11) is 1.25. The largest absolute Gasteiger partial charge is 0.453 e. The molecule has 3 rings (SSSR count). The van der Waals surface area contributed by atoms with E-state index in [4.69, 9.17) is 0 Å². The van der Waals surface area contributed by atoms with Gasteiger partial charge in [-0.3, -0.25) is 10.1 Å². The number of aryl methyl sites for hydroxylation is 2. The summed E-state index contributed by atoms with van der Waals surface area (Å²) in [4.78, 5) is 23.5. The Labute approximate surface area is 135 Å². The molecule has 118 valence electrons. The number of amides is 2. The number of alkyl carbamates (subject to hydrolysis) is 1. The maximum atomic E-state index is 12.2. The third kappa shape index (κ3) is 3.26. The maximum Gasteiger partial charge on any atom is 0.413 e. The monoisotopic (exact) mass is 309 g/mol. The van der Waals surface area contributed by atoms with Crippen LogP contribution in [0.25, 0.3) is 0 Å². The average molecular weight is 309 g/mol. The molecule has 2 amide bonds. The molecule has 0 heterocycles. The van der Waals surface area contributed by atoms with Gasteiger partial charge in [0.2, 0.25) is 5.91 Å². The van der Waals surface area contributed by atoms with Gasteiger partial charge in [0.05, 0.1) is 7.11 Å². The molecule has 2 aromatic carbocycles. The van der Waals surface area contributed by atoms with E-state index in [2.05, 4.69) is 34.3 Å². The molecule has 1 aliphatic carbocycles. The van der Waals surface area contributed by atoms with Crippen LogP contribution in [0.15, 0.2) is 48.5 Å². The summed E-state index contributed by atoms with van der Waals surface area (Å²) in [6.45, 7) is 0. The van der Waals surface area contributed by atoms with Crippen LogP contribution in [0.1, 0.15) is 34.6 Å². The van der Waals surface area contributed by atoms with E-state index in [1.807, 2.05) is 24.3 Å². The van der Waals surface area contributed by atoms with E-state index in [1.165, 1.54) is 18.2 Å². The summed E-state index contributed by atoms with van der Waals surface area (Å²) in [5, 5.41) is 2.26. The van der Waals surface area contributed by atoms with Crippen LogP contribution in [0.4, 0.5) is 4.79 Å². The fourth-order valence-corrected chi connectivity index (χ4v) is 3.26. The summed E-state index contributed by atoms with van der Waals surface area (Å²) in [6.07, 6.45) is 1.43. The van der Waals surface area contributed by atoms with Gasteiger partial charge in [-0.15, -0.1) is 0 Å². The van der Waals surface area contributed by atoms with Gasteiger partial charge in [-0.1, -0.05) is 48.5 Å². The van der Waals surface area contributed by atoms with Crippen LogP contribution in [0, 0.1) is 0 Å². The molecule has 1 N–H and O–H groups in total. The first kappa shape index (κ1) is 15.3. The fourth-order valence-electron chi connectivity index (χ4n) is 3.26. The summed E-state index contributed by atoms with van der Waals surface area (Å²) in [5.41, 5.74) is 4.86. The Hall–Kier alpha value is -2.62. The first-order valence-corrected chi connectivity index (χ1v) is 7.72. The molecule has 4 heteroatoms. The number of ether oxygens (including phenoxy) is 1. The lowest BCUT2D eigenvalue weighted by atomic mass is 9.85. The van der Waals surface area contributed by atoms with Crippen LogP contribution in [-0.4, -0.2) is 19.1 Å². The minimum atomic E-state index is -0.717. The molecule has 1 aliphatic rings. The molecular weight excluding hydrogens is 290 g/mol. The Morgan fingerprint density at radius 3 is 2.04 bits per heavy atom. The number of hydrogen-bond acceptors (Lipinski definition) is 3. The number of benzene rings is 2. The van der Waals surface area contributed by atoms with Gasteiger partial charge in [0.15, 0.2) is 0 Å². The van der Waals surface area contributed by atoms with Crippen molar-refractivity contribution in [2.75, 3.05) is 7.11 Å². The number of fused-ring (bicyclic) bond motifs is 2. The van der Waals surface area contributed by atoms with Gasteiger partial charge in [0.1, 0.15) is 0 Å². The van der Waals surface area contributed by atoms with Crippen LogP contribution >= 0.6 is 0 Å². The number of carbonyl (C=O) groups excluding carboxylic acids is 2. The maximum absolute atomic E-state index is 12.2. The second-order valence-corrected chi connectivity index (χ2v) is 5.69. The molecule has 0 atom stereocenters. The zero-order valence-electron chi connectivity index (χ0n) is 13.0. The highest BCUT2D eigenvalue weighted by atomic mass is 16.5. The number of methoxy groups -OCH3 is 1. The number of carbonyl (C=O) groups is 2. The first-order chi connectivity index (χ1) is 11.2.